The summed E-state index contributed by atoms with van der Waals surface area (Å²) >= 11 is 5.98. The zero-order valence-electron chi connectivity index (χ0n) is 54.6. The van der Waals surface area contributed by atoms with Gasteiger partial charge in [-0.15, -0.1) is 0 Å². The van der Waals surface area contributed by atoms with Gasteiger partial charge in [0.25, 0.3) is 0 Å². The molecular weight excluding hydrogens is 1290 g/mol. The lowest BCUT2D eigenvalue weighted by Gasteiger charge is -2.32. The summed E-state index contributed by atoms with van der Waals surface area (Å²) in [6, 6.07) is 28.2. The molecule has 3 aliphatic rings. The summed E-state index contributed by atoms with van der Waals surface area (Å²) in [6.45, 7) is 16.3. The van der Waals surface area contributed by atoms with Crippen LogP contribution in [0.15, 0.2) is 127 Å². The minimum absolute atomic E-state index is 0.139. The molecule has 8 aromatic heterocycles. The fraction of sp³-hybridized carbons (Fsp3) is 0.286. The Morgan fingerprint density at radius 2 is 1.06 bits per heavy atom. The Balaban J connectivity index is 0.000000139. The van der Waals surface area contributed by atoms with Gasteiger partial charge in [0.15, 0.2) is 34.5 Å². The molecule has 4 aromatic carbocycles. The number of Topliss-reactive ketones (excluding diaryl/α,β-unsaturated/α-hetero) is 2. The first kappa shape index (κ1) is 65.4. The summed E-state index contributed by atoms with van der Waals surface area (Å²) in [7, 11) is -5.26. The number of anilines is 2. The van der Waals surface area contributed by atoms with Crippen molar-refractivity contribution in [1.29, 1.82) is 0 Å². The van der Waals surface area contributed by atoms with Crippen molar-refractivity contribution in [2.75, 3.05) is 35.2 Å². The predicted molar refractivity (Wildman–Crippen MR) is 366 cm³/mol. The van der Waals surface area contributed by atoms with Crippen LogP contribution in [0.5, 0.6) is 0 Å². The van der Waals surface area contributed by atoms with Gasteiger partial charge in [-0.2, -0.15) is 0 Å². The Morgan fingerprint density at radius 1 is 0.604 bits per heavy atom. The van der Waals surface area contributed by atoms with Gasteiger partial charge in [-0.05, 0) is 126 Å². The molecule has 0 unspecified atom stereocenters. The minimum atomic E-state index is -3.69. The number of carbonyl (C=O) groups is 2. The molecule has 1 saturated heterocycles. The van der Waals surface area contributed by atoms with Crippen LogP contribution in [0.1, 0.15) is 97.4 Å². The molecule has 3 aliphatic heterocycles. The van der Waals surface area contributed by atoms with E-state index in [0.29, 0.717) is 118 Å². The minimum Gasteiger partial charge on any atom is -0.453 e. The van der Waals surface area contributed by atoms with Crippen LogP contribution in [-0.4, -0.2) is 103 Å². The molecule has 96 heavy (non-hydrogen) atoms. The fourth-order valence-corrected chi connectivity index (χ4v) is 13.7. The lowest BCUT2D eigenvalue weighted by molar-refractivity contribution is 0.00578. The number of sulfonamides is 2. The van der Waals surface area contributed by atoms with E-state index in [-0.39, 0.29) is 47.6 Å². The van der Waals surface area contributed by atoms with Crippen LogP contribution in [-0.2, 0) is 55.3 Å². The number of aryl methyl sites for hydroxylation is 6. The molecule has 0 radical (unpaired) electrons. The van der Waals surface area contributed by atoms with Crippen molar-refractivity contribution in [3.63, 3.8) is 0 Å². The van der Waals surface area contributed by atoms with Crippen LogP contribution in [0.4, 0.5) is 20.2 Å². The first-order valence-electron chi connectivity index (χ1n) is 31.0. The molecule has 15 rings (SSSR count). The van der Waals surface area contributed by atoms with E-state index in [4.69, 9.17) is 43.8 Å². The van der Waals surface area contributed by atoms with E-state index in [2.05, 4.69) is 24.4 Å². The van der Waals surface area contributed by atoms with Gasteiger partial charge < -0.3 is 36.3 Å². The molecule has 12 aromatic rings. The Labute approximate surface area is 556 Å². The van der Waals surface area contributed by atoms with Gasteiger partial charge >= 0.3 is 7.12 Å². The van der Waals surface area contributed by atoms with Gasteiger partial charge in [-0.1, -0.05) is 60.0 Å². The zero-order valence-corrected chi connectivity index (χ0v) is 57.0. The quantitative estimate of drug-likeness (QED) is 0.0627. The van der Waals surface area contributed by atoms with Gasteiger partial charge in [0, 0.05) is 95.9 Å². The highest BCUT2D eigenvalue weighted by Gasteiger charge is 2.53. The highest BCUT2D eigenvalue weighted by Crippen LogP contribution is 2.45. The third-order valence-electron chi connectivity index (χ3n) is 18.6. The molecule has 11 heterocycles. The maximum atomic E-state index is 14.7. The number of furan rings is 2. The first-order valence-corrected chi connectivity index (χ1v) is 35.1. The van der Waals surface area contributed by atoms with Crippen molar-refractivity contribution in [3.05, 3.63) is 160 Å². The number of hydrogen-bond donors (Lipinski definition) is 0. The predicted octanol–water partition coefficient (Wildman–Crippen LogP) is 14.5. The third-order valence-corrected chi connectivity index (χ3v) is 21.2. The smallest absolute Gasteiger partial charge is 0.453 e. The third kappa shape index (κ3) is 11.3. The number of rotatable bonds is 12. The molecule has 20 nitrogen and oxygen atoms in total. The molecule has 0 atom stereocenters. The Kier molecular flexibility index (Phi) is 16.4. The summed E-state index contributed by atoms with van der Waals surface area (Å²) < 4.78 is 121. The maximum Gasteiger partial charge on any atom is 0.497 e. The molecule has 26 heteroatoms. The normalized spacial score (nSPS) is 14.6. The van der Waals surface area contributed by atoms with Gasteiger partial charge in [-0.3, -0.25) is 18.2 Å². The van der Waals surface area contributed by atoms with E-state index in [1.54, 1.807) is 70.2 Å². The van der Waals surface area contributed by atoms with Crippen molar-refractivity contribution in [3.8, 4) is 56.9 Å². The molecule has 0 aliphatic carbocycles. The van der Waals surface area contributed by atoms with Gasteiger partial charge in [0.05, 0.1) is 85.7 Å². The summed E-state index contributed by atoms with van der Waals surface area (Å²) in [5.41, 5.74) is 11.7. The fourth-order valence-electron chi connectivity index (χ4n) is 12.6. The van der Waals surface area contributed by atoms with Gasteiger partial charge in [0.2, 0.25) is 20.0 Å². The summed E-state index contributed by atoms with van der Waals surface area (Å²) in [6.07, 6.45) is 7.25. The zero-order chi connectivity index (χ0) is 68.4. The molecule has 0 spiro atoms. The summed E-state index contributed by atoms with van der Waals surface area (Å²) in [5, 5.41) is 10.8. The van der Waals surface area contributed by atoms with Crippen LogP contribution in [0.3, 0.4) is 0 Å². The highest BCUT2D eigenvalue weighted by atomic mass is 35.5. The van der Waals surface area contributed by atoms with Crippen LogP contribution in [0.2, 0.25) is 5.15 Å². The molecule has 0 bridgehead atoms. The van der Waals surface area contributed by atoms with Gasteiger partial charge in [0.1, 0.15) is 40.5 Å². The number of ketones is 2. The number of benzene rings is 4. The van der Waals surface area contributed by atoms with E-state index in [1.165, 1.54) is 48.6 Å². The number of aromatic nitrogens is 6. The molecule has 494 valence electrons. The van der Waals surface area contributed by atoms with Crippen molar-refractivity contribution >= 4 is 111 Å². The van der Waals surface area contributed by atoms with Crippen molar-refractivity contribution in [2.24, 2.45) is 0 Å². The van der Waals surface area contributed by atoms with E-state index in [1.807, 2.05) is 70.2 Å². The monoisotopic (exact) mass is 1360 g/mol. The summed E-state index contributed by atoms with van der Waals surface area (Å²) in [5.74, 6) is -0.236. The first-order chi connectivity index (χ1) is 45.5. The molecule has 1 fully saturated rings. The van der Waals surface area contributed by atoms with Crippen molar-refractivity contribution < 1.29 is 62.4 Å². The van der Waals surface area contributed by atoms with Crippen LogP contribution in [0.25, 0.3) is 101 Å². The van der Waals surface area contributed by atoms with Crippen LogP contribution >= 0.6 is 11.6 Å². The Hall–Kier alpha value is -9.27. The summed E-state index contributed by atoms with van der Waals surface area (Å²) in [4.78, 5) is 35.8. The van der Waals surface area contributed by atoms with Crippen molar-refractivity contribution in [2.45, 2.75) is 105 Å². The standard InChI is InChI=1S/C32H27FN4O5S.C23H29BN2O7S.C15H10ClFN2/c1-5-27(38)29-21-13-20(25(36(3)43(4,39)40)15-28(21)42-32(29)30-17(2)16-41-35-30)23-10-9-18-11-12-37-24-8-6-7-22(33)19(24)14-26(37)31(18)34-23;1-9-17(27)19-14-10-15(24-32-22(3,4)23(5,6)33-24)16(26(7)34(8,28)29)11-18(14)31-21(19)20-13(2)12-30-25-20;16-14-5-4-9-6-7-19-12-3-1-2-11(17)10(12)8-13(19)15(9)18-14/h6-10,13-16H,5,11-12H2,1-4H3;10-12H,9H2,1-8H3;1-5,8H,6-7H2. The number of hydrogen-bond acceptors (Lipinski definition) is 16. The van der Waals surface area contributed by atoms with E-state index in [9.17, 15) is 35.2 Å². The van der Waals surface area contributed by atoms with E-state index >= 15 is 0 Å². The van der Waals surface area contributed by atoms with Gasteiger partial charge in [-0.25, -0.2) is 35.6 Å². The van der Waals surface area contributed by atoms with E-state index in [0.717, 1.165) is 63.5 Å². The second-order valence-corrected chi connectivity index (χ2v) is 29.6. The number of pyridine rings is 2. The Morgan fingerprint density at radius 3 is 1.53 bits per heavy atom. The largest absolute Gasteiger partial charge is 0.497 e. The second-order valence-electron chi connectivity index (χ2n) is 25.2. The second kappa shape index (κ2) is 24.1. The van der Waals surface area contributed by atoms with E-state index < -0.39 is 38.4 Å². The molecule has 0 saturated carbocycles. The number of carbonyl (C=O) groups excluding carboxylic acids is 2. The molecule has 0 amide bonds. The molecule has 0 N–H and O–H groups in total. The average Bonchev–Trinajstić information content (AvgIpc) is 1.56. The highest BCUT2D eigenvalue weighted by molar-refractivity contribution is 7.92. The maximum absolute atomic E-state index is 14.7. The number of fused-ring (bicyclic) bond motifs is 12. The number of nitrogens with zero attached hydrogens (tertiary/aromatic N) is 8. The van der Waals surface area contributed by atoms with Crippen molar-refractivity contribution in [1.82, 2.24) is 29.4 Å². The lowest BCUT2D eigenvalue weighted by Crippen LogP contribution is -2.41. The van der Waals surface area contributed by atoms with Crippen LogP contribution < -0.4 is 14.1 Å². The number of halogens is 3. The SMILES string of the molecule is CCC(=O)c1c(-c2nocc2C)oc2cc(N(C)S(C)(=O)=O)c(-c3ccc4c(n3)-c3cc5c(F)cccc5n3CC4)cc12.CCC(=O)c1c(-c2nocc2C)oc2cc(N(C)S(C)(=O)=O)c(B3OC(C)(C)C(C)(C)O3)cc12.Fc1cccc2c1cc1n2CCc2ccc(Cl)nc2-1. The topological polar surface area (TPSA) is 241 Å². The average molecular weight is 1360 g/mol. The molecular formula is C70H66BClF2N8O12S2. The van der Waals surface area contributed by atoms with Crippen LogP contribution in [0, 0.1) is 25.5 Å². The lowest BCUT2D eigenvalue weighted by atomic mass is 9.76. The Bertz CT molecular complexity index is 5420.